The quantitative estimate of drug-likeness (QED) is 0.117. The molecule has 0 bridgehead atoms. The predicted molar refractivity (Wildman–Crippen MR) is 197 cm³/mol. The first-order chi connectivity index (χ1) is 22.9. The highest BCUT2D eigenvalue weighted by molar-refractivity contribution is 6.30. The van der Waals surface area contributed by atoms with Gasteiger partial charge in [-0.2, -0.15) is 13.2 Å². The molecule has 0 aliphatic heterocycles. The highest BCUT2D eigenvalue weighted by atomic mass is 35.5. The van der Waals surface area contributed by atoms with Gasteiger partial charge in [0.1, 0.15) is 6.29 Å². The van der Waals surface area contributed by atoms with Gasteiger partial charge >= 0.3 is 6.18 Å². The molecular weight excluding hydrogens is 627 g/mol. The highest BCUT2D eigenvalue weighted by Crippen LogP contribution is 2.55. The Kier molecular flexibility index (Phi) is 14.8. The van der Waals surface area contributed by atoms with Crippen LogP contribution >= 0.6 is 11.6 Å². The summed E-state index contributed by atoms with van der Waals surface area (Å²) in [7, 11) is 0. The second kappa shape index (κ2) is 18.3. The number of carbonyl (C=O) groups excluding carboxylic acids is 1. The highest BCUT2D eigenvalue weighted by Gasteiger charge is 2.47. The molecule has 0 amide bonds. The Hall–Kier alpha value is -3.53. The minimum atomic E-state index is -4.00. The van der Waals surface area contributed by atoms with Gasteiger partial charge in [0.05, 0.1) is 0 Å². The minimum absolute atomic E-state index is 0.0532. The zero-order valence-corrected chi connectivity index (χ0v) is 29.6. The molecule has 2 aliphatic rings. The zero-order valence-electron chi connectivity index (χ0n) is 28.8. The monoisotopic (exact) mass is 677 g/mol. The van der Waals surface area contributed by atoms with Crippen molar-refractivity contribution in [1.82, 2.24) is 0 Å². The fourth-order valence-electron chi connectivity index (χ4n) is 7.30. The summed E-state index contributed by atoms with van der Waals surface area (Å²) in [6, 6.07) is 23.6. The Bertz CT molecular complexity index is 1520. The molecule has 48 heavy (non-hydrogen) atoms. The molecule has 0 unspecified atom stereocenters. The van der Waals surface area contributed by atoms with E-state index in [1.165, 1.54) is 41.5 Å². The summed E-state index contributed by atoms with van der Waals surface area (Å²) in [4.78, 5) is 11.7. The van der Waals surface area contributed by atoms with E-state index >= 15 is 0 Å². The van der Waals surface area contributed by atoms with Crippen molar-refractivity contribution in [3.63, 3.8) is 0 Å². The van der Waals surface area contributed by atoms with E-state index in [-0.39, 0.29) is 17.9 Å². The summed E-state index contributed by atoms with van der Waals surface area (Å²) in [5.74, 6) is 0. The molecular formula is C42H51ClF3NO. The zero-order chi connectivity index (χ0) is 35.2. The largest absolute Gasteiger partial charge is 0.386 e. The molecule has 5 rings (SSSR count). The number of fused-ring (bicyclic) bond motifs is 2. The Morgan fingerprint density at radius 2 is 1.52 bits per heavy atom. The Labute approximate surface area is 291 Å². The van der Waals surface area contributed by atoms with Gasteiger partial charge in [-0.3, -0.25) is 4.79 Å². The number of aldehydes is 1. The predicted octanol–water partition coefficient (Wildman–Crippen LogP) is 12.9. The molecule has 1 fully saturated rings. The lowest BCUT2D eigenvalue weighted by atomic mass is 9.60. The molecule has 0 aromatic heterocycles. The number of alkyl halides is 3. The van der Waals surface area contributed by atoms with E-state index in [9.17, 15) is 18.0 Å². The Morgan fingerprint density at radius 1 is 0.896 bits per heavy atom. The maximum atomic E-state index is 11.7. The topological polar surface area (TPSA) is 29.1 Å². The maximum Gasteiger partial charge on any atom is 0.386 e. The van der Waals surface area contributed by atoms with E-state index in [4.69, 9.17) is 11.6 Å². The number of rotatable bonds is 12. The molecule has 3 aromatic carbocycles. The lowest BCUT2D eigenvalue weighted by Crippen LogP contribution is -2.46. The van der Waals surface area contributed by atoms with Crippen molar-refractivity contribution in [2.24, 2.45) is 0 Å². The summed E-state index contributed by atoms with van der Waals surface area (Å²) in [6.07, 6.45) is 13.3. The molecule has 0 saturated heterocycles. The number of benzene rings is 3. The van der Waals surface area contributed by atoms with Crippen LogP contribution in [0.1, 0.15) is 118 Å². The van der Waals surface area contributed by atoms with Crippen molar-refractivity contribution >= 4 is 29.7 Å². The first-order valence-corrected chi connectivity index (χ1v) is 17.6. The van der Waals surface area contributed by atoms with Crippen LogP contribution in [0, 0.1) is 0 Å². The third-order valence-corrected chi connectivity index (χ3v) is 9.77. The van der Waals surface area contributed by atoms with Crippen molar-refractivity contribution in [3.8, 4) is 0 Å². The van der Waals surface area contributed by atoms with E-state index in [1.807, 2.05) is 24.3 Å². The van der Waals surface area contributed by atoms with Gasteiger partial charge in [-0.25, -0.2) is 0 Å². The number of aryl methyl sites for hydroxylation is 2. The molecule has 3 aromatic rings. The van der Waals surface area contributed by atoms with Gasteiger partial charge in [0.2, 0.25) is 0 Å². The summed E-state index contributed by atoms with van der Waals surface area (Å²) in [5.41, 5.74) is 11.5. The normalized spacial score (nSPS) is 19.5. The molecule has 0 heterocycles. The lowest BCUT2D eigenvalue weighted by molar-refractivity contribution is -0.110. The fraction of sp³-hybridized carbons (Fsp3) is 0.429. The number of carbonyl (C=O) groups is 1. The molecule has 1 N–H and O–H groups in total. The van der Waals surface area contributed by atoms with Crippen LogP contribution in [-0.4, -0.2) is 18.0 Å². The van der Waals surface area contributed by atoms with Gasteiger partial charge in [-0.1, -0.05) is 106 Å². The van der Waals surface area contributed by atoms with E-state index in [0.29, 0.717) is 0 Å². The SMILES string of the molecule is C=C=C.CC(F)(F)F.CCCC1(Nc2cccc(Cl)c2)CCC2(CC1)C(CCCCCc1ccc(CC)cc1)=Cc1ccc(C=O)cc12. The van der Waals surface area contributed by atoms with Gasteiger partial charge < -0.3 is 5.32 Å². The summed E-state index contributed by atoms with van der Waals surface area (Å²) >= 11 is 6.33. The van der Waals surface area contributed by atoms with Crippen LogP contribution in [0.15, 0.2) is 91.2 Å². The lowest BCUT2D eigenvalue weighted by Gasteiger charge is -2.48. The average Bonchev–Trinajstić information content (AvgIpc) is 3.34. The standard InChI is InChI=1S/C37H44ClNO.C3H4.C2H3F3/c1-3-19-36(39-34-12-8-11-33(38)26-34)20-22-37(23-21-36)32(25-31-18-17-30(27-40)24-35(31)37)10-7-5-6-9-29-15-13-28(4-2)14-16-29;1-3-2;1-2(3,4)5/h8,11-18,24-27,39H,3-7,9-10,19-23H2,1-2H3;1-2H2;1H3. The molecule has 1 spiro atoms. The molecule has 0 radical (unpaired) electrons. The van der Waals surface area contributed by atoms with E-state index in [2.05, 4.69) is 86.6 Å². The van der Waals surface area contributed by atoms with Crippen molar-refractivity contribution in [3.05, 3.63) is 124 Å². The van der Waals surface area contributed by atoms with Gasteiger partial charge in [-0.15, -0.1) is 5.73 Å². The first kappa shape index (κ1) is 38.9. The summed E-state index contributed by atoms with van der Waals surface area (Å²) in [5, 5.41) is 4.70. The van der Waals surface area contributed by atoms with Crippen molar-refractivity contribution < 1.29 is 18.0 Å². The second-order valence-corrected chi connectivity index (χ2v) is 13.6. The number of unbranched alkanes of at least 4 members (excludes halogenated alkanes) is 2. The van der Waals surface area contributed by atoms with Crippen LogP contribution in [0.2, 0.25) is 5.02 Å². The average molecular weight is 678 g/mol. The maximum absolute atomic E-state index is 11.7. The molecule has 2 nitrogen and oxygen atoms in total. The minimum Gasteiger partial charge on any atom is -0.380 e. The molecule has 2 aliphatic carbocycles. The number of halogens is 4. The molecule has 0 atom stereocenters. The van der Waals surface area contributed by atoms with Gasteiger partial charge in [-0.05, 0) is 111 Å². The van der Waals surface area contributed by atoms with Gasteiger partial charge in [0.25, 0.3) is 0 Å². The van der Waals surface area contributed by atoms with Crippen LogP contribution in [0.3, 0.4) is 0 Å². The molecule has 1 saturated carbocycles. The van der Waals surface area contributed by atoms with Crippen LogP contribution in [-0.2, 0) is 18.3 Å². The van der Waals surface area contributed by atoms with Crippen molar-refractivity contribution in [1.29, 1.82) is 0 Å². The van der Waals surface area contributed by atoms with Crippen LogP contribution in [0.4, 0.5) is 18.9 Å². The summed E-state index contributed by atoms with van der Waals surface area (Å²) < 4.78 is 31.1. The Morgan fingerprint density at radius 3 is 2.10 bits per heavy atom. The number of allylic oxidation sites excluding steroid dienone is 1. The first-order valence-electron chi connectivity index (χ1n) is 17.2. The number of nitrogens with one attached hydrogen (secondary N) is 1. The van der Waals surface area contributed by atoms with Crippen molar-refractivity contribution in [2.45, 2.75) is 115 Å². The third-order valence-electron chi connectivity index (χ3n) is 9.54. The molecule has 6 heteroatoms. The second-order valence-electron chi connectivity index (χ2n) is 13.1. The van der Waals surface area contributed by atoms with E-state index in [1.54, 1.807) is 5.57 Å². The van der Waals surface area contributed by atoms with E-state index < -0.39 is 6.18 Å². The van der Waals surface area contributed by atoms with Gasteiger partial charge in [0.15, 0.2) is 0 Å². The number of hydrogen-bond donors (Lipinski definition) is 1. The molecule has 258 valence electrons. The van der Waals surface area contributed by atoms with E-state index in [0.717, 1.165) is 80.3 Å². The van der Waals surface area contributed by atoms with Crippen molar-refractivity contribution in [2.75, 3.05) is 5.32 Å². The number of anilines is 1. The van der Waals surface area contributed by atoms with Crippen LogP contribution < -0.4 is 5.32 Å². The summed E-state index contributed by atoms with van der Waals surface area (Å²) in [6.45, 7) is 10.9. The fourth-order valence-corrected chi connectivity index (χ4v) is 7.49. The third kappa shape index (κ3) is 11.3. The van der Waals surface area contributed by atoms with Crippen LogP contribution in [0.5, 0.6) is 0 Å². The van der Waals surface area contributed by atoms with Crippen LogP contribution in [0.25, 0.3) is 6.08 Å². The Balaban J connectivity index is 0.000000705. The van der Waals surface area contributed by atoms with Gasteiger partial charge in [0, 0.05) is 34.2 Å². The number of hydrogen-bond acceptors (Lipinski definition) is 2. The smallest absolute Gasteiger partial charge is 0.380 e.